The summed E-state index contributed by atoms with van der Waals surface area (Å²) in [7, 11) is 0. The van der Waals surface area contributed by atoms with E-state index >= 15 is 0 Å². The molecule has 0 atom stereocenters. The Balaban J connectivity index is 0.000000921. The van der Waals surface area contributed by atoms with Gasteiger partial charge in [0.05, 0.1) is 0 Å². The molecule has 1 amide bonds. The quantitative estimate of drug-likeness (QED) is 0.803. The lowest BCUT2D eigenvalue weighted by atomic mass is 10.2. The number of hydrogen-bond acceptors (Lipinski definition) is 1. The van der Waals surface area contributed by atoms with Gasteiger partial charge >= 0.3 is 0 Å². The molecule has 0 radical (unpaired) electrons. The number of anilines is 1. The van der Waals surface area contributed by atoms with E-state index in [1.165, 1.54) is 5.56 Å². The summed E-state index contributed by atoms with van der Waals surface area (Å²) in [5.74, 6) is 0.0892. The van der Waals surface area contributed by atoms with Gasteiger partial charge in [0.2, 0.25) is 5.91 Å². The highest BCUT2D eigenvalue weighted by atomic mass is 16.1. The minimum Gasteiger partial charge on any atom is -0.326 e. The van der Waals surface area contributed by atoms with E-state index in [1.54, 1.807) is 0 Å². The molecule has 0 bridgehead atoms. The third-order valence-electron chi connectivity index (χ3n) is 1.81. The monoisotopic (exact) mass is 207 g/mol. The van der Waals surface area contributed by atoms with Gasteiger partial charge < -0.3 is 5.32 Å². The first-order chi connectivity index (χ1) is 7.22. The molecule has 0 unspecified atom stereocenters. The molecule has 0 saturated heterocycles. The first kappa shape index (κ1) is 13.7. The average molecular weight is 207 g/mol. The highest BCUT2D eigenvalue weighted by Crippen LogP contribution is 2.08. The van der Waals surface area contributed by atoms with Crippen molar-refractivity contribution in [1.82, 2.24) is 0 Å². The van der Waals surface area contributed by atoms with Crippen LogP contribution in [0.5, 0.6) is 0 Å². The Kier molecular flexibility index (Phi) is 7.33. The van der Waals surface area contributed by atoms with Crippen LogP contribution in [0.4, 0.5) is 5.69 Å². The molecule has 2 heteroatoms. The van der Waals surface area contributed by atoms with Gasteiger partial charge in [0.15, 0.2) is 0 Å². The number of hydrogen-bond donors (Lipinski definition) is 1. The van der Waals surface area contributed by atoms with Crippen LogP contribution in [0.15, 0.2) is 24.3 Å². The summed E-state index contributed by atoms with van der Waals surface area (Å²) in [6, 6.07) is 7.81. The summed E-state index contributed by atoms with van der Waals surface area (Å²) < 4.78 is 0. The number of benzene rings is 1. The summed E-state index contributed by atoms with van der Waals surface area (Å²) in [6.45, 7) is 8.02. The number of aryl methyl sites for hydroxylation is 1. The smallest absolute Gasteiger partial charge is 0.224 e. The first-order valence-electron chi connectivity index (χ1n) is 5.59. The summed E-state index contributed by atoms with van der Waals surface area (Å²) in [6.07, 6.45) is 1.48. The molecule has 0 aliphatic heterocycles. The summed E-state index contributed by atoms with van der Waals surface area (Å²) in [4.78, 5) is 11.2. The minimum atomic E-state index is 0.0892. The zero-order chi connectivity index (χ0) is 11.7. The van der Waals surface area contributed by atoms with Crippen molar-refractivity contribution >= 4 is 11.6 Å². The second kappa shape index (κ2) is 8.04. The lowest BCUT2D eigenvalue weighted by Crippen LogP contribution is -2.10. The normalized spacial score (nSPS) is 8.80. The third-order valence-corrected chi connectivity index (χ3v) is 1.81. The maximum Gasteiger partial charge on any atom is 0.224 e. The van der Waals surface area contributed by atoms with E-state index in [-0.39, 0.29) is 5.91 Å². The van der Waals surface area contributed by atoms with Gasteiger partial charge in [-0.3, -0.25) is 4.79 Å². The van der Waals surface area contributed by atoms with Crippen molar-refractivity contribution in [2.24, 2.45) is 0 Å². The molecule has 1 aromatic rings. The molecule has 0 spiro atoms. The zero-order valence-electron chi connectivity index (χ0n) is 10.1. The van der Waals surface area contributed by atoms with E-state index in [9.17, 15) is 4.79 Å². The number of carbonyl (C=O) groups excluding carboxylic acids is 1. The van der Waals surface area contributed by atoms with Gasteiger partial charge in [0, 0.05) is 12.1 Å². The van der Waals surface area contributed by atoms with Crippen LogP contribution in [-0.2, 0) is 4.79 Å². The lowest BCUT2D eigenvalue weighted by molar-refractivity contribution is -0.116. The Morgan fingerprint density at radius 1 is 1.20 bits per heavy atom. The Bertz CT molecular complexity index is 277. The van der Waals surface area contributed by atoms with Crippen LogP contribution < -0.4 is 5.32 Å². The van der Waals surface area contributed by atoms with Crippen molar-refractivity contribution in [3.63, 3.8) is 0 Å². The molecular formula is C13H21NO. The maximum absolute atomic E-state index is 11.2. The summed E-state index contributed by atoms with van der Waals surface area (Å²) in [5.41, 5.74) is 2.08. The van der Waals surface area contributed by atoms with Gasteiger partial charge in [-0.05, 0) is 25.5 Å². The SMILES string of the molecule is CC.CCCC(=O)Nc1ccc(C)cc1. The van der Waals surface area contributed by atoms with Crippen LogP contribution in [0.1, 0.15) is 39.2 Å². The van der Waals surface area contributed by atoms with E-state index in [2.05, 4.69) is 5.32 Å². The Labute approximate surface area is 92.7 Å². The van der Waals surface area contributed by atoms with E-state index in [0.717, 1.165) is 12.1 Å². The Morgan fingerprint density at radius 3 is 2.20 bits per heavy atom. The van der Waals surface area contributed by atoms with Crippen LogP contribution in [-0.4, -0.2) is 5.91 Å². The van der Waals surface area contributed by atoms with Crippen molar-refractivity contribution in [2.75, 3.05) is 5.32 Å². The molecule has 2 nitrogen and oxygen atoms in total. The highest BCUT2D eigenvalue weighted by Gasteiger charge is 1.98. The molecule has 1 rings (SSSR count). The number of rotatable bonds is 3. The second-order valence-electron chi connectivity index (χ2n) is 3.16. The van der Waals surface area contributed by atoms with E-state index in [4.69, 9.17) is 0 Å². The van der Waals surface area contributed by atoms with Gasteiger partial charge in [-0.15, -0.1) is 0 Å². The molecule has 0 aliphatic carbocycles. The Morgan fingerprint density at radius 2 is 1.73 bits per heavy atom. The van der Waals surface area contributed by atoms with Crippen molar-refractivity contribution in [2.45, 2.75) is 40.5 Å². The molecule has 0 aliphatic rings. The predicted molar refractivity (Wildman–Crippen MR) is 66.1 cm³/mol. The summed E-state index contributed by atoms with van der Waals surface area (Å²) in [5, 5.41) is 2.83. The predicted octanol–water partition coefficient (Wildman–Crippen LogP) is 3.76. The average Bonchev–Trinajstić information content (AvgIpc) is 2.25. The molecule has 15 heavy (non-hydrogen) atoms. The molecule has 0 aromatic heterocycles. The van der Waals surface area contributed by atoms with Crippen molar-refractivity contribution < 1.29 is 4.79 Å². The van der Waals surface area contributed by atoms with Crippen molar-refractivity contribution in [1.29, 1.82) is 0 Å². The standard InChI is InChI=1S/C11H15NO.C2H6/c1-3-4-11(13)12-10-7-5-9(2)6-8-10;1-2/h5-8H,3-4H2,1-2H3,(H,12,13);1-2H3. The van der Waals surface area contributed by atoms with Crippen molar-refractivity contribution in [3.8, 4) is 0 Å². The van der Waals surface area contributed by atoms with E-state index in [1.807, 2.05) is 52.0 Å². The molecule has 1 aromatic carbocycles. The van der Waals surface area contributed by atoms with Crippen LogP contribution in [0.25, 0.3) is 0 Å². The van der Waals surface area contributed by atoms with Gasteiger partial charge in [0.25, 0.3) is 0 Å². The first-order valence-corrected chi connectivity index (χ1v) is 5.59. The molecule has 0 fully saturated rings. The highest BCUT2D eigenvalue weighted by molar-refractivity contribution is 5.90. The second-order valence-corrected chi connectivity index (χ2v) is 3.16. The van der Waals surface area contributed by atoms with Crippen LogP contribution >= 0.6 is 0 Å². The lowest BCUT2D eigenvalue weighted by Gasteiger charge is -2.03. The number of nitrogens with one attached hydrogen (secondary N) is 1. The van der Waals surface area contributed by atoms with Gasteiger partial charge in [-0.1, -0.05) is 38.5 Å². The van der Waals surface area contributed by atoms with E-state index in [0.29, 0.717) is 6.42 Å². The van der Waals surface area contributed by atoms with Crippen LogP contribution in [0, 0.1) is 6.92 Å². The molecule has 1 N–H and O–H groups in total. The molecular weight excluding hydrogens is 186 g/mol. The molecule has 84 valence electrons. The number of amides is 1. The fourth-order valence-electron chi connectivity index (χ4n) is 1.09. The van der Waals surface area contributed by atoms with Crippen LogP contribution in [0.3, 0.4) is 0 Å². The minimum absolute atomic E-state index is 0.0892. The van der Waals surface area contributed by atoms with Crippen molar-refractivity contribution in [3.05, 3.63) is 29.8 Å². The third kappa shape index (κ3) is 5.89. The van der Waals surface area contributed by atoms with Gasteiger partial charge in [0.1, 0.15) is 0 Å². The summed E-state index contributed by atoms with van der Waals surface area (Å²) >= 11 is 0. The zero-order valence-corrected chi connectivity index (χ0v) is 10.1. The van der Waals surface area contributed by atoms with Gasteiger partial charge in [-0.25, -0.2) is 0 Å². The topological polar surface area (TPSA) is 29.1 Å². The van der Waals surface area contributed by atoms with Crippen LogP contribution in [0.2, 0.25) is 0 Å². The Hall–Kier alpha value is -1.31. The molecule has 0 heterocycles. The van der Waals surface area contributed by atoms with Gasteiger partial charge in [-0.2, -0.15) is 0 Å². The van der Waals surface area contributed by atoms with E-state index < -0.39 is 0 Å². The fraction of sp³-hybridized carbons (Fsp3) is 0.462. The fourth-order valence-corrected chi connectivity index (χ4v) is 1.09. The number of carbonyl (C=O) groups is 1. The molecule has 0 saturated carbocycles. The maximum atomic E-state index is 11.2. The largest absolute Gasteiger partial charge is 0.326 e.